The third kappa shape index (κ3) is 4.27. The van der Waals surface area contributed by atoms with Crippen molar-refractivity contribution < 1.29 is 22.7 Å². The fourth-order valence-corrected chi connectivity index (χ4v) is 2.31. The highest BCUT2D eigenvalue weighted by atomic mass is 19.4. The zero-order valence-electron chi connectivity index (χ0n) is 13.5. The molecule has 0 aliphatic carbocycles. The number of hydrogen-bond donors (Lipinski definition) is 1. The van der Waals surface area contributed by atoms with Gasteiger partial charge in [0.1, 0.15) is 12.3 Å². The van der Waals surface area contributed by atoms with Crippen molar-refractivity contribution in [3.05, 3.63) is 47.3 Å². The second-order valence-corrected chi connectivity index (χ2v) is 5.43. The SMILES string of the molecule is COc1ccc(C)cc1[C@@H](C)NC(=O)Cn1ccc(C(F)(F)F)n1. The third-order valence-electron chi connectivity index (χ3n) is 3.47. The molecule has 0 aliphatic heterocycles. The van der Waals surface area contributed by atoms with Gasteiger partial charge in [0.25, 0.3) is 0 Å². The molecule has 1 atom stereocenters. The molecule has 1 heterocycles. The number of rotatable bonds is 5. The number of halogens is 3. The molecule has 24 heavy (non-hydrogen) atoms. The van der Waals surface area contributed by atoms with Crippen LogP contribution in [0.5, 0.6) is 5.75 Å². The molecule has 0 bridgehead atoms. The average molecular weight is 341 g/mol. The monoisotopic (exact) mass is 341 g/mol. The molecule has 1 aromatic heterocycles. The summed E-state index contributed by atoms with van der Waals surface area (Å²) in [7, 11) is 1.53. The molecule has 2 rings (SSSR count). The zero-order chi connectivity index (χ0) is 17.9. The maximum Gasteiger partial charge on any atom is 0.435 e. The molecule has 8 heteroatoms. The molecule has 130 valence electrons. The van der Waals surface area contributed by atoms with E-state index in [2.05, 4.69) is 10.4 Å². The van der Waals surface area contributed by atoms with Crippen molar-refractivity contribution in [2.24, 2.45) is 0 Å². The summed E-state index contributed by atoms with van der Waals surface area (Å²) in [4.78, 5) is 12.0. The van der Waals surface area contributed by atoms with Crippen molar-refractivity contribution in [2.75, 3.05) is 7.11 Å². The van der Waals surface area contributed by atoms with Crippen LogP contribution in [0.15, 0.2) is 30.5 Å². The second-order valence-electron chi connectivity index (χ2n) is 5.43. The number of benzene rings is 1. The van der Waals surface area contributed by atoms with Crippen LogP contribution in [-0.2, 0) is 17.5 Å². The number of carbonyl (C=O) groups is 1. The van der Waals surface area contributed by atoms with Gasteiger partial charge >= 0.3 is 6.18 Å². The van der Waals surface area contributed by atoms with Crippen molar-refractivity contribution in [2.45, 2.75) is 32.6 Å². The van der Waals surface area contributed by atoms with Crippen LogP contribution in [-0.4, -0.2) is 22.8 Å². The summed E-state index contributed by atoms with van der Waals surface area (Å²) in [6.07, 6.45) is -3.40. The van der Waals surface area contributed by atoms with E-state index < -0.39 is 17.8 Å². The van der Waals surface area contributed by atoms with E-state index in [1.54, 1.807) is 13.0 Å². The standard InChI is InChI=1S/C16H18F3N3O2/c1-10-4-5-13(24-3)12(8-10)11(2)20-15(23)9-22-7-6-14(21-22)16(17,18)19/h4-8,11H,9H2,1-3H3,(H,20,23)/t11-/m1/s1. The lowest BCUT2D eigenvalue weighted by Gasteiger charge is -2.18. The fourth-order valence-electron chi connectivity index (χ4n) is 2.31. The van der Waals surface area contributed by atoms with Crippen molar-refractivity contribution in [3.63, 3.8) is 0 Å². The molecule has 0 unspecified atom stereocenters. The Kier molecular flexibility index (Phi) is 5.16. The lowest BCUT2D eigenvalue weighted by Crippen LogP contribution is -2.30. The maximum atomic E-state index is 12.5. The van der Waals surface area contributed by atoms with Crippen LogP contribution in [0.4, 0.5) is 13.2 Å². The number of ether oxygens (including phenoxy) is 1. The molecule has 1 amide bonds. The summed E-state index contributed by atoms with van der Waals surface area (Å²) in [6.45, 7) is 3.40. The second kappa shape index (κ2) is 6.94. The van der Waals surface area contributed by atoms with Gasteiger partial charge in [0.05, 0.1) is 13.2 Å². The van der Waals surface area contributed by atoms with Gasteiger partial charge in [0, 0.05) is 11.8 Å². The molecule has 1 aromatic carbocycles. The lowest BCUT2D eigenvalue weighted by molar-refractivity contribution is -0.141. The van der Waals surface area contributed by atoms with Gasteiger partial charge < -0.3 is 10.1 Å². The number of aromatic nitrogens is 2. The molecular weight excluding hydrogens is 323 g/mol. The van der Waals surface area contributed by atoms with E-state index >= 15 is 0 Å². The van der Waals surface area contributed by atoms with Gasteiger partial charge in [0.2, 0.25) is 5.91 Å². The number of nitrogens with one attached hydrogen (secondary N) is 1. The lowest BCUT2D eigenvalue weighted by atomic mass is 10.0. The van der Waals surface area contributed by atoms with Crippen molar-refractivity contribution in [1.82, 2.24) is 15.1 Å². The summed E-state index contributed by atoms with van der Waals surface area (Å²) in [6, 6.07) is 6.06. The molecule has 0 fully saturated rings. The first-order valence-corrected chi connectivity index (χ1v) is 7.25. The number of aryl methyl sites for hydroxylation is 1. The highest BCUT2D eigenvalue weighted by Crippen LogP contribution is 2.27. The van der Waals surface area contributed by atoms with Crippen LogP contribution >= 0.6 is 0 Å². The molecular formula is C16H18F3N3O2. The maximum absolute atomic E-state index is 12.5. The highest BCUT2D eigenvalue weighted by molar-refractivity contribution is 5.76. The van der Waals surface area contributed by atoms with E-state index in [-0.39, 0.29) is 12.6 Å². The summed E-state index contributed by atoms with van der Waals surface area (Å²) >= 11 is 0. The Morgan fingerprint density at radius 2 is 2.08 bits per heavy atom. The van der Waals surface area contributed by atoms with Gasteiger partial charge in [-0.1, -0.05) is 17.7 Å². The Balaban J connectivity index is 2.04. The number of amides is 1. The van der Waals surface area contributed by atoms with E-state index in [1.807, 2.05) is 19.1 Å². The average Bonchev–Trinajstić information content (AvgIpc) is 2.95. The topological polar surface area (TPSA) is 56.1 Å². The molecule has 0 saturated heterocycles. The smallest absolute Gasteiger partial charge is 0.435 e. The number of methoxy groups -OCH3 is 1. The minimum absolute atomic E-state index is 0.297. The predicted octanol–water partition coefficient (Wildman–Crippen LogP) is 3.10. The van der Waals surface area contributed by atoms with E-state index in [4.69, 9.17) is 4.74 Å². The summed E-state index contributed by atoms with van der Waals surface area (Å²) in [5.41, 5.74) is 0.778. The van der Waals surface area contributed by atoms with Gasteiger partial charge in [-0.2, -0.15) is 18.3 Å². The first kappa shape index (κ1) is 17.8. The predicted molar refractivity (Wildman–Crippen MR) is 81.5 cm³/mol. The molecule has 2 aromatic rings. The van der Waals surface area contributed by atoms with Gasteiger partial charge in [-0.3, -0.25) is 9.48 Å². The zero-order valence-corrected chi connectivity index (χ0v) is 13.5. The third-order valence-corrected chi connectivity index (χ3v) is 3.47. The van der Waals surface area contributed by atoms with E-state index in [0.29, 0.717) is 5.75 Å². The molecule has 0 aliphatic rings. The Morgan fingerprint density at radius 3 is 2.67 bits per heavy atom. The van der Waals surface area contributed by atoms with Gasteiger partial charge in [-0.05, 0) is 26.0 Å². The normalized spacial score (nSPS) is 12.8. The quantitative estimate of drug-likeness (QED) is 0.909. The molecule has 0 spiro atoms. The first-order valence-electron chi connectivity index (χ1n) is 7.25. The minimum atomic E-state index is -4.52. The number of hydrogen-bond acceptors (Lipinski definition) is 3. The van der Waals surface area contributed by atoms with Gasteiger partial charge in [0.15, 0.2) is 5.69 Å². The van der Waals surface area contributed by atoms with E-state index in [1.165, 1.54) is 7.11 Å². The number of alkyl halides is 3. The Bertz CT molecular complexity index is 726. The Morgan fingerprint density at radius 1 is 1.38 bits per heavy atom. The van der Waals surface area contributed by atoms with Crippen molar-refractivity contribution >= 4 is 5.91 Å². The molecule has 5 nitrogen and oxygen atoms in total. The van der Waals surface area contributed by atoms with E-state index in [0.717, 1.165) is 28.1 Å². The largest absolute Gasteiger partial charge is 0.496 e. The molecule has 1 N–H and O–H groups in total. The molecule has 0 radical (unpaired) electrons. The van der Waals surface area contributed by atoms with Crippen LogP contribution in [0.1, 0.15) is 29.8 Å². The minimum Gasteiger partial charge on any atom is -0.496 e. The summed E-state index contributed by atoms with van der Waals surface area (Å²) in [5, 5.41) is 6.09. The van der Waals surface area contributed by atoms with Crippen molar-refractivity contribution in [1.29, 1.82) is 0 Å². The van der Waals surface area contributed by atoms with Crippen LogP contribution in [0.3, 0.4) is 0 Å². The van der Waals surface area contributed by atoms with Crippen LogP contribution in [0.25, 0.3) is 0 Å². The Hall–Kier alpha value is -2.51. The fraction of sp³-hybridized carbons (Fsp3) is 0.375. The summed E-state index contributed by atoms with van der Waals surface area (Å²) in [5.74, 6) is 0.190. The first-order chi connectivity index (χ1) is 11.2. The van der Waals surface area contributed by atoms with Crippen LogP contribution < -0.4 is 10.1 Å². The highest BCUT2D eigenvalue weighted by Gasteiger charge is 2.33. The van der Waals surface area contributed by atoms with Crippen LogP contribution in [0.2, 0.25) is 0 Å². The van der Waals surface area contributed by atoms with Gasteiger partial charge in [-0.15, -0.1) is 0 Å². The van der Waals surface area contributed by atoms with Gasteiger partial charge in [-0.25, -0.2) is 0 Å². The number of carbonyl (C=O) groups excluding carboxylic acids is 1. The Labute approximate surface area is 137 Å². The number of nitrogens with zero attached hydrogens (tertiary/aromatic N) is 2. The van der Waals surface area contributed by atoms with Crippen molar-refractivity contribution in [3.8, 4) is 5.75 Å². The molecule has 0 saturated carbocycles. The summed E-state index contributed by atoms with van der Waals surface area (Å²) < 4.78 is 43.7. The van der Waals surface area contributed by atoms with E-state index in [9.17, 15) is 18.0 Å². The van der Waals surface area contributed by atoms with Crippen LogP contribution in [0, 0.1) is 6.92 Å².